The first kappa shape index (κ1) is 20.6. The normalized spacial score (nSPS) is 20.1. The fraction of sp³-hybridized carbons (Fsp3) is 0.385. The van der Waals surface area contributed by atoms with Crippen LogP contribution in [0.1, 0.15) is 36.8 Å². The molecule has 2 heteroatoms. The zero-order valence-electron chi connectivity index (χ0n) is 16.7. The third-order valence-corrected chi connectivity index (χ3v) is 5.32. The molecule has 28 heavy (non-hydrogen) atoms. The van der Waals surface area contributed by atoms with Crippen molar-refractivity contribution in [2.75, 3.05) is 26.4 Å². The molecule has 0 aliphatic heterocycles. The molecule has 1 aliphatic carbocycles. The molecule has 1 fully saturated rings. The Labute approximate surface area is 169 Å². The molecule has 0 heterocycles. The van der Waals surface area contributed by atoms with Crippen LogP contribution >= 0.6 is 0 Å². The van der Waals surface area contributed by atoms with Crippen molar-refractivity contribution in [3.8, 4) is 0 Å². The van der Waals surface area contributed by atoms with Crippen molar-refractivity contribution in [2.45, 2.75) is 25.7 Å². The molecule has 0 aromatic heterocycles. The van der Waals surface area contributed by atoms with Crippen LogP contribution in [0.25, 0.3) is 12.2 Å². The molecule has 0 amide bonds. The average Bonchev–Trinajstić information content (AvgIpc) is 2.76. The van der Waals surface area contributed by atoms with Gasteiger partial charge in [-0.15, -0.1) is 0 Å². The Morgan fingerprint density at radius 3 is 1.39 bits per heavy atom. The van der Waals surface area contributed by atoms with Gasteiger partial charge in [-0.3, -0.25) is 0 Å². The first-order valence-electron chi connectivity index (χ1n) is 10.5. The molecule has 0 saturated heterocycles. The van der Waals surface area contributed by atoms with E-state index in [0.717, 1.165) is 13.2 Å². The summed E-state index contributed by atoms with van der Waals surface area (Å²) in [5, 5.41) is 0. The van der Waals surface area contributed by atoms with E-state index in [2.05, 4.69) is 72.8 Å². The van der Waals surface area contributed by atoms with Crippen LogP contribution in [-0.4, -0.2) is 26.4 Å². The Morgan fingerprint density at radius 2 is 1.00 bits per heavy atom. The highest BCUT2D eigenvalue weighted by Crippen LogP contribution is 2.29. The molecule has 0 N–H and O–H groups in total. The number of rotatable bonds is 10. The molecule has 2 aromatic carbocycles. The first-order valence-corrected chi connectivity index (χ1v) is 10.5. The van der Waals surface area contributed by atoms with E-state index in [1.54, 1.807) is 0 Å². The van der Waals surface area contributed by atoms with Crippen LogP contribution in [0, 0.1) is 11.8 Å². The van der Waals surface area contributed by atoms with Gasteiger partial charge >= 0.3 is 0 Å². The Balaban J connectivity index is 1.22. The topological polar surface area (TPSA) is 18.5 Å². The molecule has 1 saturated carbocycles. The molecule has 0 radical (unpaired) electrons. The molecular weight excluding hydrogens is 344 g/mol. The number of hydrogen-bond donors (Lipinski definition) is 0. The smallest absolute Gasteiger partial charge is 0.0650 e. The summed E-state index contributed by atoms with van der Waals surface area (Å²) in [5.41, 5.74) is 2.45. The summed E-state index contributed by atoms with van der Waals surface area (Å²) in [6, 6.07) is 20.7. The molecule has 2 aromatic rings. The second-order valence-corrected chi connectivity index (χ2v) is 7.59. The molecule has 0 atom stereocenters. The third kappa shape index (κ3) is 7.84. The maximum Gasteiger partial charge on any atom is 0.0650 e. The van der Waals surface area contributed by atoms with E-state index < -0.39 is 0 Å². The zero-order valence-corrected chi connectivity index (χ0v) is 16.7. The summed E-state index contributed by atoms with van der Waals surface area (Å²) < 4.78 is 11.7. The van der Waals surface area contributed by atoms with Gasteiger partial charge in [-0.1, -0.05) is 85.0 Å². The molecule has 0 bridgehead atoms. The van der Waals surface area contributed by atoms with Gasteiger partial charge in [0.25, 0.3) is 0 Å². The van der Waals surface area contributed by atoms with Crippen molar-refractivity contribution in [3.63, 3.8) is 0 Å². The summed E-state index contributed by atoms with van der Waals surface area (Å²) in [6.45, 7) is 3.16. The summed E-state index contributed by atoms with van der Waals surface area (Å²) in [6.07, 6.45) is 13.5. The minimum atomic E-state index is 0.700. The number of hydrogen-bond acceptors (Lipinski definition) is 2. The van der Waals surface area contributed by atoms with Gasteiger partial charge < -0.3 is 9.47 Å². The molecule has 0 spiro atoms. The minimum Gasteiger partial charge on any atom is -0.377 e. The van der Waals surface area contributed by atoms with E-state index in [0.29, 0.717) is 25.0 Å². The number of benzene rings is 2. The molecular formula is C26H32O2. The van der Waals surface area contributed by atoms with Crippen molar-refractivity contribution in [1.82, 2.24) is 0 Å². The predicted molar refractivity (Wildman–Crippen MR) is 118 cm³/mol. The number of ether oxygens (including phenoxy) is 2. The second kappa shape index (κ2) is 12.3. The highest BCUT2D eigenvalue weighted by molar-refractivity contribution is 5.49. The lowest BCUT2D eigenvalue weighted by Gasteiger charge is -2.28. The summed E-state index contributed by atoms with van der Waals surface area (Å²) >= 11 is 0. The van der Waals surface area contributed by atoms with Gasteiger partial charge in [-0.25, -0.2) is 0 Å². The van der Waals surface area contributed by atoms with Crippen LogP contribution in [0.4, 0.5) is 0 Å². The van der Waals surface area contributed by atoms with Gasteiger partial charge in [-0.05, 0) is 48.6 Å². The van der Waals surface area contributed by atoms with E-state index >= 15 is 0 Å². The van der Waals surface area contributed by atoms with E-state index in [1.807, 2.05) is 12.1 Å². The van der Waals surface area contributed by atoms with Crippen LogP contribution in [0.2, 0.25) is 0 Å². The van der Waals surface area contributed by atoms with Gasteiger partial charge in [0.1, 0.15) is 0 Å². The first-order chi connectivity index (χ1) is 13.9. The lowest BCUT2D eigenvalue weighted by Crippen LogP contribution is -2.21. The monoisotopic (exact) mass is 376 g/mol. The van der Waals surface area contributed by atoms with E-state index in [9.17, 15) is 0 Å². The Morgan fingerprint density at radius 1 is 0.607 bits per heavy atom. The highest BCUT2D eigenvalue weighted by atomic mass is 16.5. The molecule has 0 unspecified atom stereocenters. The maximum atomic E-state index is 5.86. The molecule has 3 rings (SSSR count). The van der Waals surface area contributed by atoms with Crippen molar-refractivity contribution in [3.05, 3.63) is 83.9 Å². The van der Waals surface area contributed by atoms with Gasteiger partial charge in [0.05, 0.1) is 13.2 Å². The van der Waals surface area contributed by atoms with Crippen molar-refractivity contribution in [2.24, 2.45) is 11.8 Å². The Hall–Kier alpha value is -2.16. The van der Waals surface area contributed by atoms with Crippen molar-refractivity contribution >= 4 is 12.2 Å². The minimum absolute atomic E-state index is 0.700. The van der Waals surface area contributed by atoms with Gasteiger partial charge in [0, 0.05) is 13.2 Å². The maximum absolute atomic E-state index is 5.86. The van der Waals surface area contributed by atoms with Gasteiger partial charge in [0.15, 0.2) is 0 Å². The SMILES string of the molecule is C(=Cc1ccccc1)COCC1CCC(COCC=Cc2ccccc2)CC1. The Kier molecular flexibility index (Phi) is 9.06. The third-order valence-electron chi connectivity index (χ3n) is 5.32. The van der Waals surface area contributed by atoms with Crippen LogP contribution in [0.5, 0.6) is 0 Å². The quantitative estimate of drug-likeness (QED) is 0.456. The second-order valence-electron chi connectivity index (χ2n) is 7.59. The summed E-state index contributed by atoms with van der Waals surface area (Å²) in [5.74, 6) is 1.42. The highest BCUT2D eigenvalue weighted by Gasteiger charge is 2.21. The molecule has 2 nitrogen and oxygen atoms in total. The lowest BCUT2D eigenvalue weighted by atomic mass is 9.83. The van der Waals surface area contributed by atoms with E-state index in [-0.39, 0.29) is 0 Å². The summed E-state index contributed by atoms with van der Waals surface area (Å²) in [4.78, 5) is 0. The van der Waals surface area contributed by atoms with Crippen LogP contribution < -0.4 is 0 Å². The van der Waals surface area contributed by atoms with E-state index in [1.165, 1.54) is 36.8 Å². The molecule has 148 valence electrons. The molecule has 1 aliphatic rings. The van der Waals surface area contributed by atoms with Crippen LogP contribution in [0.15, 0.2) is 72.8 Å². The summed E-state index contributed by atoms with van der Waals surface area (Å²) in [7, 11) is 0. The average molecular weight is 377 g/mol. The van der Waals surface area contributed by atoms with Gasteiger partial charge in [0.2, 0.25) is 0 Å². The fourth-order valence-corrected chi connectivity index (χ4v) is 3.67. The standard InChI is InChI=1S/C26H32O2/c1-3-9-23(10-4-1)13-7-19-27-21-25-15-17-26(18-16-25)22-28-20-8-14-24-11-5-2-6-12-24/h1-14,25-26H,15-22H2. The Bertz CT molecular complexity index is 634. The van der Waals surface area contributed by atoms with Gasteiger partial charge in [-0.2, -0.15) is 0 Å². The fourth-order valence-electron chi connectivity index (χ4n) is 3.67. The van der Waals surface area contributed by atoms with Crippen LogP contribution in [-0.2, 0) is 9.47 Å². The van der Waals surface area contributed by atoms with E-state index in [4.69, 9.17) is 9.47 Å². The lowest BCUT2D eigenvalue weighted by molar-refractivity contribution is 0.0660. The zero-order chi connectivity index (χ0) is 19.3. The largest absolute Gasteiger partial charge is 0.377 e. The van der Waals surface area contributed by atoms with Crippen molar-refractivity contribution < 1.29 is 9.47 Å². The predicted octanol–water partition coefficient (Wildman–Crippen LogP) is 6.25. The van der Waals surface area contributed by atoms with Crippen molar-refractivity contribution in [1.29, 1.82) is 0 Å². The van der Waals surface area contributed by atoms with Crippen LogP contribution in [0.3, 0.4) is 0 Å².